The first-order valence-corrected chi connectivity index (χ1v) is 24.4. The zero-order chi connectivity index (χ0) is 46.8. The largest absolute Gasteiger partial charge is 0.462 e. The number of ether oxygens (including phenoxy) is 3. The Morgan fingerprint density at radius 3 is 2.43 bits per heavy atom. The summed E-state index contributed by atoms with van der Waals surface area (Å²) in [5.74, 6) is -2.19. The molecule has 4 heterocycles. The third-order valence-corrected chi connectivity index (χ3v) is 14.0. The van der Waals surface area contributed by atoms with E-state index in [4.69, 9.17) is 14.2 Å². The number of carbonyl (C=O) groups is 2. The zero-order valence-electron chi connectivity index (χ0n) is 38.7. The van der Waals surface area contributed by atoms with Gasteiger partial charge in [-0.2, -0.15) is 0 Å². The van der Waals surface area contributed by atoms with E-state index in [-0.39, 0.29) is 18.1 Å². The number of alkyl halides is 1. The lowest BCUT2D eigenvalue weighted by atomic mass is 9.79. The van der Waals surface area contributed by atoms with Gasteiger partial charge in [0.05, 0.1) is 66.2 Å². The number of hydrogen-bond acceptors (Lipinski definition) is 13. The van der Waals surface area contributed by atoms with Crippen LogP contribution >= 0.6 is 22.6 Å². The summed E-state index contributed by atoms with van der Waals surface area (Å²) in [5.41, 5.74) is 4.41. The maximum Gasteiger partial charge on any atom is 0.308 e. The predicted molar refractivity (Wildman–Crippen MR) is 258 cm³/mol. The van der Waals surface area contributed by atoms with Gasteiger partial charge >= 0.3 is 5.97 Å². The molecule has 65 heavy (non-hydrogen) atoms. The van der Waals surface area contributed by atoms with E-state index in [1.165, 1.54) is 0 Å². The van der Waals surface area contributed by atoms with Crippen LogP contribution in [-0.2, 0) is 36.9 Å². The highest BCUT2D eigenvalue weighted by atomic mass is 127. The second-order valence-corrected chi connectivity index (χ2v) is 19.1. The first-order chi connectivity index (χ1) is 31.1. The Morgan fingerprint density at radius 1 is 0.969 bits per heavy atom. The molecule has 0 spiro atoms. The molecule has 0 bridgehead atoms. The zero-order valence-corrected chi connectivity index (χ0v) is 40.8. The Bertz CT molecular complexity index is 2220. The number of hydrogen-bond donors (Lipinski definition) is 3. The summed E-state index contributed by atoms with van der Waals surface area (Å²) in [5, 5.41) is 44.9. The van der Waals surface area contributed by atoms with Crippen LogP contribution in [-0.4, -0.2) is 131 Å². The number of allylic oxidation sites excluding steroid dienone is 3. The van der Waals surface area contributed by atoms with Crippen LogP contribution in [0.5, 0.6) is 0 Å². The Labute approximate surface area is 397 Å². The molecule has 1 fully saturated rings. The van der Waals surface area contributed by atoms with Gasteiger partial charge in [-0.3, -0.25) is 19.5 Å². The molecule has 0 unspecified atom stereocenters. The predicted octanol–water partition coefficient (Wildman–Crippen LogP) is 6.48. The lowest BCUT2D eigenvalue weighted by Gasteiger charge is -2.46. The van der Waals surface area contributed by atoms with Gasteiger partial charge in [0.1, 0.15) is 12.2 Å². The average molecular weight is 1010 g/mol. The highest BCUT2D eigenvalue weighted by molar-refractivity contribution is 14.1. The van der Waals surface area contributed by atoms with Crippen LogP contribution in [0.1, 0.15) is 71.6 Å². The van der Waals surface area contributed by atoms with Crippen molar-refractivity contribution in [2.45, 2.75) is 122 Å². The molecule has 15 heteroatoms. The molecular formula is C50H67IN6O8. The number of aliphatic hydroxyl groups is 3. The smallest absolute Gasteiger partial charge is 0.308 e. The van der Waals surface area contributed by atoms with Crippen molar-refractivity contribution in [1.82, 2.24) is 29.8 Å². The number of para-hydroxylation sites is 1. The highest BCUT2D eigenvalue weighted by Crippen LogP contribution is 2.35. The first-order valence-electron chi connectivity index (χ1n) is 22.9. The maximum atomic E-state index is 14.0. The number of aromatic nitrogens is 4. The molecule has 3 N–H and O–H groups in total. The number of carbonyl (C=O) groups excluding carboxylic acids is 2. The van der Waals surface area contributed by atoms with Crippen molar-refractivity contribution >= 4 is 45.2 Å². The van der Waals surface area contributed by atoms with E-state index in [9.17, 15) is 24.9 Å². The van der Waals surface area contributed by atoms with Gasteiger partial charge in [0, 0.05) is 40.7 Å². The summed E-state index contributed by atoms with van der Waals surface area (Å²) >= 11 is 2.28. The van der Waals surface area contributed by atoms with Crippen molar-refractivity contribution in [3.05, 3.63) is 108 Å². The van der Waals surface area contributed by atoms with Gasteiger partial charge in [0.15, 0.2) is 12.1 Å². The van der Waals surface area contributed by atoms with Crippen molar-refractivity contribution in [2.24, 2.45) is 23.7 Å². The molecular weight excluding hydrogens is 939 g/mol. The van der Waals surface area contributed by atoms with E-state index in [1.54, 1.807) is 42.9 Å². The molecule has 1 saturated heterocycles. The summed E-state index contributed by atoms with van der Waals surface area (Å²) in [6, 6.07) is 19.4. The van der Waals surface area contributed by atoms with Crippen molar-refractivity contribution in [3.63, 3.8) is 0 Å². The Kier molecular flexibility index (Phi) is 18.4. The minimum Gasteiger partial charge on any atom is -0.462 e. The topological polar surface area (TPSA) is 173 Å². The van der Waals surface area contributed by atoms with Crippen LogP contribution in [0.25, 0.3) is 16.6 Å². The molecule has 2 aliphatic heterocycles. The number of aliphatic hydroxyl groups excluding tert-OH is 3. The SMILES string of the molecule is CC[C@H]1OC(=O)C[C@@H](O)[C@H](C)[C@@H](O[C@@H]2O[C@H](C)[C@@H](O)[C@H](N(C)C)[C@H]2O)[C@@H](CCN(Cc2ccccc2)Cc2cn(-c3cnc4ccccc4c3)nn2)C[C@@H](C)C(=O)/C=C/C(C)=C/[C@@H]1CI. The monoisotopic (exact) mass is 1010 g/mol. The van der Waals surface area contributed by atoms with Gasteiger partial charge < -0.3 is 34.4 Å². The van der Waals surface area contributed by atoms with Crippen molar-refractivity contribution < 1.29 is 39.1 Å². The van der Waals surface area contributed by atoms with Crippen molar-refractivity contribution in [1.29, 1.82) is 0 Å². The number of esters is 1. The first kappa shape index (κ1) is 50.5. The third kappa shape index (κ3) is 13.4. The molecule has 2 aliphatic rings. The van der Waals surface area contributed by atoms with Gasteiger partial charge in [-0.1, -0.05) is 115 Å². The van der Waals surface area contributed by atoms with Crippen molar-refractivity contribution in [2.75, 3.05) is 25.1 Å². The normalized spacial score (nSPS) is 31.2. The van der Waals surface area contributed by atoms with E-state index in [0.29, 0.717) is 43.3 Å². The van der Waals surface area contributed by atoms with E-state index in [0.717, 1.165) is 33.4 Å². The summed E-state index contributed by atoms with van der Waals surface area (Å²) < 4.78 is 21.6. The molecule has 0 saturated carbocycles. The van der Waals surface area contributed by atoms with Crippen LogP contribution < -0.4 is 0 Å². The van der Waals surface area contributed by atoms with Gasteiger partial charge in [-0.05, 0) is 83.4 Å². The van der Waals surface area contributed by atoms with E-state index >= 15 is 0 Å². The lowest BCUT2D eigenvalue weighted by Crippen LogP contribution is -2.63. The number of cyclic esters (lactones) is 1. The fraction of sp³-hybridized carbons (Fsp3) is 0.540. The minimum atomic E-state index is -1.26. The number of benzene rings is 2. The Hall–Kier alpha value is -3.94. The minimum absolute atomic E-state index is 0.0504. The molecule has 2 aromatic heterocycles. The Balaban J connectivity index is 1.35. The van der Waals surface area contributed by atoms with Crippen LogP contribution in [0.3, 0.4) is 0 Å². The quantitative estimate of drug-likeness (QED) is 0.0756. The van der Waals surface area contributed by atoms with Gasteiger partial charge in [0.2, 0.25) is 0 Å². The second kappa shape index (κ2) is 23.7. The molecule has 14 nitrogen and oxygen atoms in total. The molecule has 4 aromatic rings. The van der Waals surface area contributed by atoms with Crippen molar-refractivity contribution in [3.8, 4) is 5.69 Å². The second-order valence-electron chi connectivity index (χ2n) is 18.2. The summed E-state index contributed by atoms with van der Waals surface area (Å²) in [6.45, 7) is 10.9. The maximum absolute atomic E-state index is 14.0. The number of halogens is 1. The summed E-state index contributed by atoms with van der Waals surface area (Å²) in [6.07, 6.45) is 3.80. The average Bonchev–Trinajstić information content (AvgIpc) is 3.76. The number of pyridine rings is 1. The molecule has 352 valence electrons. The highest BCUT2D eigenvalue weighted by Gasteiger charge is 2.47. The fourth-order valence-electron chi connectivity index (χ4n) is 9.15. The number of fused-ring (bicyclic) bond motifs is 1. The molecule has 6 rings (SSSR count). The van der Waals surface area contributed by atoms with E-state index in [1.807, 2.05) is 94.6 Å². The van der Waals surface area contributed by atoms with E-state index < -0.39 is 72.7 Å². The summed E-state index contributed by atoms with van der Waals surface area (Å²) in [7, 11) is 3.56. The Morgan fingerprint density at radius 2 is 1.71 bits per heavy atom. The number of nitrogens with zero attached hydrogens (tertiary/aromatic N) is 6. The fourth-order valence-corrected chi connectivity index (χ4v) is 9.97. The van der Waals surface area contributed by atoms with Crippen LogP contribution in [0, 0.1) is 23.7 Å². The third-order valence-electron chi connectivity index (χ3n) is 13.0. The van der Waals surface area contributed by atoms with Crippen LogP contribution in [0.2, 0.25) is 0 Å². The van der Waals surface area contributed by atoms with Gasteiger partial charge in [-0.25, -0.2) is 4.68 Å². The van der Waals surface area contributed by atoms with Crippen LogP contribution in [0.4, 0.5) is 0 Å². The van der Waals surface area contributed by atoms with E-state index in [2.05, 4.69) is 54.9 Å². The lowest BCUT2D eigenvalue weighted by molar-refractivity contribution is -0.304. The number of ketones is 1. The number of rotatable bonds is 13. The molecule has 0 amide bonds. The standard InChI is InChI=1S/C50H67IN6O8/c1-8-44-38(26-51)22-31(2)18-19-42(58)32(3)23-37(49(33(4)43(59)25-45(60)64-44)65-50-48(62)46(55(6)7)47(61)34(5)63-50)20-21-56(28-35-14-10-9-11-15-35)29-39-30-57(54-53-39)40-24-36-16-12-13-17-41(36)52-27-40/h9-19,22,24,27,30,32-34,37-38,43-44,46-50,59,61-62H,8,20-21,23,25-26,28-29H2,1-7H3/b19-18+,31-22+/t32-,33+,34-,37+,38-,43-,44-,46+,47-,48-,49-,50+/m1/s1. The summed E-state index contributed by atoms with van der Waals surface area (Å²) in [4.78, 5) is 36.3. The molecule has 0 aliphatic carbocycles. The van der Waals surface area contributed by atoms with Crippen LogP contribution in [0.15, 0.2) is 96.9 Å². The molecule has 2 aromatic carbocycles. The molecule has 0 radical (unpaired) electrons. The van der Waals surface area contributed by atoms with Gasteiger partial charge in [-0.15, -0.1) is 5.10 Å². The van der Waals surface area contributed by atoms with Gasteiger partial charge in [0.25, 0.3) is 0 Å². The number of likely N-dealkylation sites (N-methyl/N-ethyl adjacent to an activating group) is 1. The molecule has 12 atom stereocenters.